The molecule has 126 valence electrons. The van der Waals surface area contributed by atoms with Gasteiger partial charge in [-0.15, -0.1) is 0 Å². The lowest BCUT2D eigenvalue weighted by Crippen LogP contribution is -2.27. The van der Waals surface area contributed by atoms with Gasteiger partial charge in [-0.3, -0.25) is 0 Å². The van der Waals surface area contributed by atoms with Crippen LogP contribution in [-0.2, 0) is 19.9 Å². The Hall–Kier alpha value is -1.12. The molecular formula is C14H24N2O4S2. The van der Waals surface area contributed by atoms with E-state index in [4.69, 9.17) is 0 Å². The van der Waals surface area contributed by atoms with E-state index in [0.717, 1.165) is 23.4 Å². The normalized spacial score (nSPS) is 12.6. The molecule has 0 atom stereocenters. The molecule has 0 unspecified atom stereocenters. The third-order valence-electron chi connectivity index (χ3n) is 3.38. The molecule has 0 spiro atoms. The number of unbranched alkanes of at least 4 members (excludes halogenated alkanes) is 1. The van der Waals surface area contributed by atoms with E-state index in [1.165, 1.54) is 26.2 Å². The van der Waals surface area contributed by atoms with E-state index < -0.39 is 19.9 Å². The molecule has 0 amide bonds. The predicted molar refractivity (Wildman–Crippen MR) is 88.6 cm³/mol. The fourth-order valence-corrected chi connectivity index (χ4v) is 3.84. The number of hydrogen-bond donors (Lipinski definition) is 0. The van der Waals surface area contributed by atoms with Crippen molar-refractivity contribution in [3.8, 4) is 0 Å². The molecular weight excluding hydrogens is 324 g/mol. The van der Waals surface area contributed by atoms with Gasteiger partial charge in [-0.05, 0) is 24.6 Å². The first-order valence-electron chi connectivity index (χ1n) is 6.99. The lowest BCUT2D eigenvalue weighted by molar-refractivity contribution is 0.520. The van der Waals surface area contributed by atoms with Crippen LogP contribution in [0.5, 0.6) is 0 Å². The zero-order valence-corrected chi connectivity index (χ0v) is 15.3. The van der Waals surface area contributed by atoms with Crippen molar-refractivity contribution in [3.05, 3.63) is 18.2 Å². The summed E-state index contributed by atoms with van der Waals surface area (Å²) in [5, 5.41) is 0. The van der Waals surface area contributed by atoms with Crippen molar-refractivity contribution in [3.63, 3.8) is 0 Å². The van der Waals surface area contributed by atoms with Crippen LogP contribution >= 0.6 is 0 Å². The molecule has 0 heterocycles. The molecule has 0 aliphatic rings. The molecule has 6 nitrogen and oxygen atoms in total. The molecule has 0 aromatic heterocycles. The van der Waals surface area contributed by atoms with Crippen molar-refractivity contribution in [2.45, 2.75) is 29.6 Å². The molecule has 22 heavy (non-hydrogen) atoms. The van der Waals surface area contributed by atoms with Crippen molar-refractivity contribution in [2.75, 3.05) is 38.8 Å². The molecule has 1 rings (SSSR count). The smallest absolute Gasteiger partial charge is 0.244 e. The number of nitrogens with zero attached hydrogens (tertiary/aromatic N) is 2. The molecule has 0 saturated heterocycles. The number of rotatable bonds is 7. The summed E-state index contributed by atoms with van der Waals surface area (Å²) >= 11 is 0. The predicted octanol–water partition coefficient (Wildman–Crippen LogP) is 1.58. The van der Waals surface area contributed by atoms with Crippen molar-refractivity contribution in [1.29, 1.82) is 0 Å². The second-order valence-electron chi connectivity index (χ2n) is 5.46. The van der Waals surface area contributed by atoms with Crippen LogP contribution in [0.2, 0.25) is 0 Å². The van der Waals surface area contributed by atoms with Crippen molar-refractivity contribution >= 4 is 25.5 Å². The number of anilines is 1. The van der Waals surface area contributed by atoms with Gasteiger partial charge in [0.25, 0.3) is 0 Å². The molecule has 0 fully saturated rings. The van der Waals surface area contributed by atoms with Gasteiger partial charge in [0.1, 0.15) is 4.90 Å². The first kappa shape index (κ1) is 18.9. The maximum absolute atomic E-state index is 12.5. The molecule has 0 radical (unpaired) electrons. The Morgan fingerprint density at radius 1 is 1.05 bits per heavy atom. The van der Waals surface area contributed by atoms with Crippen LogP contribution in [0.3, 0.4) is 0 Å². The van der Waals surface area contributed by atoms with E-state index in [9.17, 15) is 16.8 Å². The Morgan fingerprint density at radius 2 is 1.64 bits per heavy atom. The fraction of sp³-hybridized carbons (Fsp3) is 0.571. The van der Waals surface area contributed by atoms with Gasteiger partial charge < -0.3 is 4.90 Å². The highest BCUT2D eigenvalue weighted by Gasteiger charge is 2.25. The van der Waals surface area contributed by atoms with Crippen LogP contribution in [0.25, 0.3) is 0 Å². The topological polar surface area (TPSA) is 74.8 Å². The molecule has 0 bridgehead atoms. The minimum atomic E-state index is -3.73. The highest BCUT2D eigenvalue weighted by Crippen LogP contribution is 2.29. The summed E-state index contributed by atoms with van der Waals surface area (Å²) in [4.78, 5) is 1.85. The van der Waals surface area contributed by atoms with Crippen LogP contribution in [-0.4, -0.2) is 55.1 Å². The highest BCUT2D eigenvalue weighted by atomic mass is 32.2. The lowest BCUT2D eigenvalue weighted by atomic mass is 10.2. The summed E-state index contributed by atoms with van der Waals surface area (Å²) in [6, 6.07) is 4.24. The standard InChI is InChI=1S/C14H24N2O4S2/c1-6-7-10-16(4)13-9-8-12(21(5,17)18)11-14(13)22(19,20)15(2)3/h8-9,11H,6-7,10H2,1-5H3. The Bertz CT molecular complexity index is 725. The largest absolute Gasteiger partial charge is 0.374 e. The monoisotopic (exact) mass is 348 g/mol. The van der Waals surface area contributed by atoms with Crippen LogP contribution in [0.4, 0.5) is 5.69 Å². The molecule has 1 aromatic carbocycles. The van der Waals surface area contributed by atoms with E-state index in [-0.39, 0.29) is 9.79 Å². The third kappa shape index (κ3) is 4.21. The first-order valence-corrected chi connectivity index (χ1v) is 10.3. The molecule has 0 N–H and O–H groups in total. The number of hydrogen-bond acceptors (Lipinski definition) is 5. The fourth-order valence-electron chi connectivity index (χ4n) is 1.96. The number of sulfonamides is 1. The van der Waals surface area contributed by atoms with E-state index in [1.807, 2.05) is 4.90 Å². The van der Waals surface area contributed by atoms with Gasteiger partial charge in [0.2, 0.25) is 10.0 Å². The zero-order valence-electron chi connectivity index (χ0n) is 13.7. The van der Waals surface area contributed by atoms with Gasteiger partial charge in [-0.2, -0.15) is 0 Å². The minimum absolute atomic E-state index is 0.000525. The van der Waals surface area contributed by atoms with Gasteiger partial charge >= 0.3 is 0 Å². The summed E-state index contributed by atoms with van der Waals surface area (Å²) in [7, 11) is -2.54. The Morgan fingerprint density at radius 3 is 2.09 bits per heavy atom. The SMILES string of the molecule is CCCCN(C)c1ccc(S(C)(=O)=O)cc1S(=O)(=O)N(C)C. The van der Waals surface area contributed by atoms with Gasteiger partial charge in [0.15, 0.2) is 9.84 Å². The summed E-state index contributed by atoms with van der Waals surface area (Å²) in [5.41, 5.74) is 0.509. The molecule has 8 heteroatoms. The zero-order chi connectivity index (χ0) is 17.1. The Kier molecular flexibility index (Phi) is 6.00. The van der Waals surface area contributed by atoms with Gasteiger partial charge in [0.05, 0.1) is 10.6 Å². The molecule has 0 aliphatic carbocycles. The van der Waals surface area contributed by atoms with E-state index in [2.05, 4.69) is 6.92 Å². The summed E-state index contributed by atoms with van der Waals surface area (Å²) in [6.45, 7) is 2.75. The van der Waals surface area contributed by atoms with Crippen LogP contribution in [0.1, 0.15) is 19.8 Å². The number of sulfone groups is 1. The van der Waals surface area contributed by atoms with Crippen LogP contribution in [0, 0.1) is 0 Å². The van der Waals surface area contributed by atoms with E-state index in [1.54, 1.807) is 13.1 Å². The van der Waals surface area contributed by atoms with Gasteiger partial charge in [-0.1, -0.05) is 13.3 Å². The molecule has 0 saturated carbocycles. The first-order chi connectivity index (χ1) is 10.0. The average molecular weight is 348 g/mol. The molecule has 1 aromatic rings. The minimum Gasteiger partial charge on any atom is -0.374 e. The number of benzene rings is 1. The van der Waals surface area contributed by atoms with E-state index in [0.29, 0.717) is 12.2 Å². The quantitative estimate of drug-likeness (QED) is 0.748. The second kappa shape index (κ2) is 6.97. The average Bonchev–Trinajstić information content (AvgIpc) is 2.42. The van der Waals surface area contributed by atoms with Gasteiger partial charge in [0, 0.05) is 33.9 Å². The maximum Gasteiger partial charge on any atom is 0.244 e. The van der Waals surface area contributed by atoms with E-state index >= 15 is 0 Å². The third-order valence-corrected chi connectivity index (χ3v) is 6.33. The van der Waals surface area contributed by atoms with Gasteiger partial charge in [-0.25, -0.2) is 21.1 Å². The Labute approximate surface area is 133 Å². The summed E-state index contributed by atoms with van der Waals surface area (Å²) in [5.74, 6) is 0. The van der Waals surface area contributed by atoms with Crippen molar-refractivity contribution in [2.24, 2.45) is 0 Å². The summed E-state index contributed by atoms with van der Waals surface area (Å²) < 4.78 is 49.5. The van der Waals surface area contributed by atoms with Crippen molar-refractivity contribution in [1.82, 2.24) is 4.31 Å². The maximum atomic E-state index is 12.5. The second-order valence-corrected chi connectivity index (χ2v) is 9.60. The van der Waals surface area contributed by atoms with Crippen molar-refractivity contribution < 1.29 is 16.8 Å². The lowest BCUT2D eigenvalue weighted by Gasteiger charge is -2.24. The Balaban J connectivity index is 3.52. The summed E-state index contributed by atoms with van der Waals surface area (Å²) in [6.07, 6.45) is 2.97. The van der Waals surface area contributed by atoms with Crippen LogP contribution in [0.15, 0.2) is 28.0 Å². The molecule has 0 aliphatic heterocycles. The van der Waals surface area contributed by atoms with Crippen LogP contribution < -0.4 is 4.90 Å². The highest BCUT2D eigenvalue weighted by molar-refractivity contribution is 7.91.